The van der Waals surface area contributed by atoms with Crippen molar-refractivity contribution in [1.29, 1.82) is 0 Å². The van der Waals surface area contributed by atoms with E-state index in [9.17, 15) is 19.2 Å². The van der Waals surface area contributed by atoms with E-state index in [1.54, 1.807) is 0 Å². The van der Waals surface area contributed by atoms with Crippen LogP contribution in [0.15, 0.2) is 0 Å². The molecule has 0 aromatic heterocycles. The third-order valence-electron chi connectivity index (χ3n) is 2.93. The number of ether oxygens (including phenoxy) is 5. The lowest BCUT2D eigenvalue weighted by molar-refractivity contribution is -0.236. The monoisotopic (exact) mass is 410 g/mol. The maximum atomic E-state index is 11.4. The van der Waals surface area contributed by atoms with Crippen molar-refractivity contribution in [3.05, 3.63) is 0 Å². The Bertz CT molecular complexity index is 506. The predicted molar refractivity (Wildman–Crippen MR) is 80.9 cm³/mol. The molecule has 1 rings (SSSR count). The number of hydrogen-bond acceptors (Lipinski definition) is 9. The summed E-state index contributed by atoms with van der Waals surface area (Å²) in [4.78, 5) is 45.1. The molecular formula is C14H19BrO9. The summed E-state index contributed by atoms with van der Waals surface area (Å²) in [5.41, 5.74) is 0. The average molecular weight is 411 g/mol. The largest absolute Gasteiger partial charge is 0.463 e. The maximum absolute atomic E-state index is 11.4. The van der Waals surface area contributed by atoms with Gasteiger partial charge in [-0.3, -0.25) is 19.2 Å². The molecule has 0 saturated carbocycles. The zero-order chi connectivity index (χ0) is 18.4. The van der Waals surface area contributed by atoms with Crippen LogP contribution in [-0.2, 0) is 42.9 Å². The molecule has 3 unspecified atom stereocenters. The Morgan fingerprint density at radius 1 is 0.792 bits per heavy atom. The van der Waals surface area contributed by atoms with Gasteiger partial charge in [0.1, 0.15) is 12.7 Å². The zero-order valence-electron chi connectivity index (χ0n) is 13.6. The topological polar surface area (TPSA) is 114 Å². The third kappa shape index (κ3) is 6.08. The van der Waals surface area contributed by atoms with E-state index in [1.807, 2.05) is 0 Å². The lowest BCUT2D eigenvalue weighted by Gasteiger charge is -2.42. The number of carbonyl (C=O) groups excluding carboxylic acids is 4. The Morgan fingerprint density at radius 3 is 1.71 bits per heavy atom. The molecule has 1 aliphatic rings. The molecule has 0 bridgehead atoms. The van der Waals surface area contributed by atoms with E-state index in [1.165, 1.54) is 13.8 Å². The number of esters is 4. The van der Waals surface area contributed by atoms with Crippen molar-refractivity contribution in [2.24, 2.45) is 0 Å². The van der Waals surface area contributed by atoms with Crippen LogP contribution in [0.1, 0.15) is 27.7 Å². The number of alkyl halides is 1. The Labute approximate surface area is 147 Å². The molecule has 10 heteroatoms. The molecule has 0 aromatic carbocycles. The van der Waals surface area contributed by atoms with Gasteiger partial charge in [-0.05, 0) is 0 Å². The second kappa shape index (κ2) is 8.97. The molecule has 0 spiro atoms. The standard InChI is InChI=1S/C14H19BrO9/c1-6(16)20-5-10-11(21-7(2)17)12(22-8(3)18)13(14(15)24-10)23-9(4)19/h10-14H,5H2,1-4H3/t10-,11?,12?,13?,14+/m1/s1. The van der Waals surface area contributed by atoms with Gasteiger partial charge in [0.15, 0.2) is 23.3 Å². The fourth-order valence-electron chi connectivity index (χ4n) is 2.18. The minimum Gasteiger partial charge on any atom is -0.463 e. The quantitative estimate of drug-likeness (QED) is 0.362. The van der Waals surface area contributed by atoms with Gasteiger partial charge >= 0.3 is 23.9 Å². The van der Waals surface area contributed by atoms with E-state index in [0.29, 0.717) is 0 Å². The number of hydrogen-bond donors (Lipinski definition) is 0. The summed E-state index contributed by atoms with van der Waals surface area (Å²) in [5.74, 6) is -2.52. The molecule has 136 valence electrons. The Hall–Kier alpha value is -1.68. The van der Waals surface area contributed by atoms with Gasteiger partial charge in [0, 0.05) is 27.7 Å². The zero-order valence-corrected chi connectivity index (χ0v) is 15.2. The van der Waals surface area contributed by atoms with Crippen LogP contribution in [0.5, 0.6) is 0 Å². The molecule has 0 amide bonds. The highest BCUT2D eigenvalue weighted by molar-refractivity contribution is 9.09. The van der Waals surface area contributed by atoms with Crippen LogP contribution in [-0.4, -0.2) is 59.9 Å². The first-order chi connectivity index (χ1) is 11.1. The third-order valence-corrected chi connectivity index (χ3v) is 3.67. The molecule has 0 aromatic rings. The summed E-state index contributed by atoms with van der Waals surface area (Å²) in [7, 11) is 0. The van der Waals surface area contributed by atoms with Gasteiger partial charge in [0.25, 0.3) is 0 Å². The van der Waals surface area contributed by atoms with Crippen LogP contribution in [0.3, 0.4) is 0 Å². The molecule has 1 aliphatic heterocycles. The molecule has 0 N–H and O–H groups in total. The fraction of sp³-hybridized carbons (Fsp3) is 0.714. The summed E-state index contributed by atoms with van der Waals surface area (Å²) < 4.78 is 25.9. The van der Waals surface area contributed by atoms with Gasteiger partial charge in [-0.25, -0.2) is 0 Å². The highest BCUT2D eigenvalue weighted by Crippen LogP contribution is 2.31. The van der Waals surface area contributed by atoms with Crippen LogP contribution in [0.25, 0.3) is 0 Å². The molecule has 1 saturated heterocycles. The summed E-state index contributed by atoms with van der Waals surface area (Å²) in [5, 5.41) is -0.863. The normalized spacial score (nSPS) is 29.3. The van der Waals surface area contributed by atoms with E-state index in [-0.39, 0.29) is 6.61 Å². The molecule has 1 fully saturated rings. The molecule has 1 heterocycles. The fourth-order valence-corrected chi connectivity index (χ4v) is 2.86. The smallest absolute Gasteiger partial charge is 0.303 e. The van der Waals surface area contributed by atoms with Gasteiger partial charge < -0.3 is 23.7 Å². The number of halogens is 1. The number of rotatable bonds is 5. The summed E-state index contributed by atoms with van der Waals surface area (Å²) in [6, 6.07) is 0. The first kappa shape index (κ1) is 20.4. The van der Waals surface area contributed by atoms with E-state index in [0.717, 1.165) is 13.8 Å². The van der Waals surface area contributed by atoms with Gasteiger partial charge in [-0.1, -0.05) is 15.9 Å². The van der Waals surface area contributed by atoms with Crippen molar-refractivity contribution in [3.63, 3.8) is 0 Å². The van der Waals surface area contributed by atoms with Gasteiger partial charge in [-0.2, -0.15) is 0 Å². The van der Waals surface area contributed by atoms with Gasteiger partial charge in [0.05, 0.1) is 0 Å². The van der Waals surface area contributed by atoms with Crippen molar-refractivity contribution < 1.29 is 42.9 Å². The average Bonchev–Trinajstić information content (AvgIpc) is 2.42. The van der Waals surface area contributed by atoms with Crippen LogP contribution < -0.4 is 0 Å². The highest BCUT2D eigenvalue weighted by Gasteiger charge is 2.51. The van der Waals surface area contributed by atoms with Crippen molar-refractivity contribution in [2.75, 3.05) is 6.61 Å². The van der Waals surface area contributed by atoms with Crippen molar-refractivity contribution >= 4 is 39.8 Å². The van der Waals surface area contributed by atoms with E-state index >= 15 is 0 Å². The lowest BCUT2D eigenvalue weighted by atomic mass is 9.99. The van der Waals surface area contributed by atoms with Crippen LogP contribution in [0, 0.1) is 0 Å². The van der Waals surface area contributed by atoms with Crippen molar-refractivity contribution in [1.82, 2.24) is 0 Å². The van der Waals surface area contributed by atoms with Crippen molar-refractivity contribution in [3.8, 4) is 0 Å². The second-order valence-electron chi connectivity index (χ2n) is 5.05. The highest BCUT2D eigenvalue weighted by atomic mass is 79.9. The summed E-state index contributed by atoms with van der Waals surface area (Å²) in [6.07, 6.45) is -4.22. The lowest BCUT2D eigenvalue weighted by Crippen LogP contribution is -2.60. The second-order valence-corrected chi connectivity index (χ2v) is 5.95. The molecule has 24 heavy (non-hydrogen) atoms. The van der Waals surface area contributed by atoms with Crippen LogP contribution >= 0.6 is 15.9 Å². The number of carbonyl (C=O) groups is 4. The minimum absolute atomic E-state index is 0.236. The predicted octanol–water partition coefficient (Wildman–Crippen LogP) is 0.464. The Balaban J connectivity index is 3.11. The van der Waals surface area contributed by atoms with Gasteiger partial charge in [0.2, 0.25) is 0 Å². The molecule has 9 nitrogen and oxygen atoms in total. The molecule has 5 atom stereocenters. The molecule has 0 radical (unpaired) electrons. The van der Waals surface area contributed by atoms with E-state index < -0.39 is 53.3 Å². The van der Waals surface area contributed by atoms with Gasteiger partial charge in [-0.15, -0.1) is 0 Å². The molecular weight excluding hydrogens is 392 g/mol. The summed E-state index contributed by atoms with van der Waals surface area (Å²) in [6.45, 7) is 4.47. The Morgan fingerprint density at radius 2 is 1.25 bits per heavy atom. The van der Waals surface area contributed by atoms with Crippen LogP contribution in [0.4, 0.5) is 0 Å². The Kier molecular flexibility index (Phi) is 7.61. The van der Waals surface area contributed by atoms with Crippen molar-refractivity contribution in [2.45, 2.75) is 57.1 Å². The van der Waals surface area contributed by atoms with E-state index in [2.05, 4.69) is 15.9 Å². The SMILES string of the molecule is CC(=O)OC[C@H]1O[C@H](Br)C(OC(C)=O)C(OC(C)=O)C1OC(C)=O. The maximum Gasteiger partial charge on any atom is 0.303 e. The van der Waals surface area contributed by atoms with Crippen LogP contribution in [0.2, 0.25) is 0 Å². The van der Waals surface area contributed by atoms with E-state index in [4.69, 9.17) is 23.7 Å². The minimum atomic E-state index is -1.13. The first-order valence-electron chi connectivity index (χ1n) is 7.06. The molecule has 0 aliphatic carbocycles. The first-order valence-corrected chi connectivity index (χ1v) is 7.98. The summed E-state index contributed by atoms with van der Waals surface area (Å²) >= 11 is 3.18.